The van der Waals surface area contributed by atoms with Crippen LogP contribution >= 0.6 is 11.3 Å². The van der Waals surface area contributed by atoms with Crippen molar-refractivity contribution in [1.82, 2.24) is 20.2 Å². The first-order valence-corrected chi connectivity index (χ1v) is 12.9. The highest BCUT2D eigenvalue weighted by Crippen LogP contribution is 2.39. The van der Waals surface area contributed by atoms with Gasteiger partial charge in [-0.05, 0) is 52.0 Å². The van der Waals surface area contributed by atoms with Gasteiger partial charge in [0, 0.05) is 36.0 Å². The lowest BCUT2D eigenvalue weighted by molar-refractivity contribution is 0.0447. The van der Waals surface area contributed by atoms with Gasteiger partial charge in [-0.2, -0.15) is 0 Å². The first-order chi connectivity index (χ1) is 16.7. The lowest BCUT2D eigenvalue weighted by atomic mass is 9.89. The zero-order chi connectivity index (χ0) is 25.3. The first kappa shape index (κ1) is 25.4. The number of rotatable bonds is 8. The number of thiazole rings is 1. The summed E-state index contributed by atoms with van der Waals surface area (Å²) in [6.07, 6.45) is 1.62. The lowest BCUT2D eigenvalue weighted by Gasteiger charge is -2.32. The first-order valence-electron chi connectivity index (χ1n) is 12.0. The summed E-state index contributed by atoms with van der Waals surface area (Å²) in [5.74, 6) is -0.595. The molecular formula is C24H31F2N5O3S. The van der Waals surface area contributed by atoms with Crippen LogP contribution in [0.15, 0.2) is 12.3 Å². The molecule has 4 rings (SSSR count). The Morgan fingerprint density at radius 3 is 2.66 bits per heavy atom. The van der Waals surface area contributed by atoms with Crippen molar-refractivity contribution in [2.24, 2.45) is 0 Å². The van der Waals surface area contributed by atoms with Gasteiger partial charge in [-0.1, -0.05) is 6.92 Å². The topological polar surface area (TPSA) is 107 Å². The van der Waals surface area contributed by atoms with Crippen molar-refractivity contribution in [3.8, 4) is 10.4 Å². The number of hydrogen-bond donors (Lipinski definition) is 3. The lowest BCUT2D eigenvalue weighted by Crippen LogP contribution is -2.50. The normalized spacial score (nSPS) is 22.7. The Balaban J connectivity index is 1.75. The highest BCUT2D eigenvalue weighted by Gasteiger charge is 2.35. The van der Waals surface area contributed by atoms with Gasteiger partial charge >= 0.3 is 0 Å². The van der Waals surface area contributed by atoms with Crippen LogP contribution < -0.4 is 10.6 Å². The highest BCUT2D eigenvalue weighted by atomic mass is 32.1. The molecule has 2 amide bonds. The molecule has 3 N–H and O–H groups in total. The fourth-order valence-corrected chi connectivity index (χ4v) is 5.26. The molecule has 0 unspecified atom stereocenters. The smallest absolute Gasteiger partial charge is 0.280 e. The summed E-state index contributed by atoms with van der Waals surface area (Å²) in [6.45, 7) is 6.39. The molecular weight excluding hydrogens is 476 g/mol. The summed E-state index contributed by atoms with van der Waals surface area (Å²) < 4.78 is 28.3. The van der Waals surface area contributed by atoms with E-state index in [0.29, 0.717) is 25.2 Å². The second-order valence-corrected chi connectivity index (χ2v) is 10.3. The van der Waals surface area contributed by atoms with Gasteiger partial charge in [-0.15, -0.1) is 11.3 Å². The number of anilines is 1. The molecule has 1 saturated carbocycles. The average molecular weight is 508 g/mol. The minimum absolute atomic E-state index is 0.00340. The van der Waals surface area contributed by atoms with E-state index in [1.165, 1.54) is 12.3 Å². The fraction of sp³-hybridized carbons (Fsp3) is 0.583. The number of likely N-dealkylation sites (tertiary alicyclic amines) is 1. The van der Waals surface area contributed by atoms with Gasteiger partial charge in [0.05, 0.1) is 17.0 Å². The fourth-order valence-electron chi connectivity index (χ4n) is 4.27. The number of hydrogen-bond acceptors (Lipinski definition) is 7. The van der Waals surface area contributed by atoms with Crippen molar-refractivity contribution in [3.05, 3.63) is 28.5 Å². The summed E-state index contributed by atoms with van der Waals surface area (Å²) in [7, 11) is 0. The number of carbonyl (C=O) groups excluding carboxylic acids is 2. The third-order valence-corrected chi connectivity index (χ3v) is 7.90. The van der Waals surface area contributed by atoms with Crippen molar-refractivity contribution in [2.45, 2.75) is 83.5 Å². The zero-order valence-electron chi connectivity index (χ0n) is 20.1. The SMILES string of the molecule is CC[C@@H](C)Nc1cc(C(F)F)c(-c2sc(C(=O)N[C@@H]3CC[C@@H]3O)nc2C(=O)N2CCC[C@@H]2C)cn1. The molecule has 1 aliphatic carbocycles. The van der Waals surface area contributed by atoms with Gasteiger partial charge in [0.1, 0.15) is 11.5 Å². The van der Waals surface area contributed by atoms with Crippen LogP contribution in [0.1, 0.15) is 85.2 Å². The number of alkyl halides is 2. The Hall–Kier alpha value is -2.66. The molecule has 2 fully saturated rings. The predicted molar refractivity (Wildman–Crippen MR) is 130 cm³/mol. The molecule has 0 spiro atoms. The van der Waals surface area contributed by atoms with Crippen LogP contribution in [0.4, 0.5) is 14.6 Å². The number of nitrogens with zero attached hydrogens (tertiary/aromatic N) is 3. The second kappa shape index (κ2) is 10.5. The Morgan fingerprint density at radius 2 is 2.09 bits per heavy atom. The molecule has 4 atom stereocenters. The number of carbonyl (C=O) groups is 2. The van der Waals surface area contributed by atoms with Gasteiger partial charge in [0.2, 0.25) is 0 Å². The molecule has 3 heterocycles. The van der Waals surface area contributed by atoms with E-state index < -0.39 is 18.4 Å². The van der Waals surface area contributed by atoms with E-state index in [9.17, 15) is 23.5 Å². The maximum atomic E-state index is 14.2. The number of aromatic nitrogens is 2. The van der Waals surface area contributed by atoms with Crippen LogP contribution in [-0.4, -0.2) is 62.6 Å². The van der Waals surface area contributed by atoms with E-state index in [1.807, 2.05) is 20.8 Å². The van der Waals surface area contributed by atoms with Crippen LogP contribution in [0.5, 0.6) is 0 Å². The molecule has 35 heavy (non-hydrogen) atoms. The molecule has 0 bridgehead atoms. The molecule has 8 nitrogen and oxygen atoms in total. The third-order valence-electron chi connectivity index (χ3n) is 6.81. The van der Waals surface area contributed by atoms with Crippen LogP contribution in [0.2, 0.25) is 0 Å². The minimum atomic E-state index is -2.82. The van der Waals surface area contributed by atoms with Crippen LogP contribution in [0, 0.1) is 0 Å². The van der Waals surface area contributed by atoms with Crippen molar-refractivity contribution >= 4 is 29.0 Å². The molecule has 0 radical (unpaired) electrons. The summed E-state index contributed by atoms with van der Waals surface area (Å²) in [5.41, 5.74) is -0.209. The number of aliphatic hydroxyl groups excluding tert-OH is 1. The van der Waals surface area contributed by atoms with E-state index >= 15 is 0 Å². The van der Waals surface area contributed by atoms with Crippen molar-refractivity contribution < 1.29 is 23.5 Å². The monoisotopic (exact) mass is 507 g/mol. The van der Waals surface area contributed by atoms with E-state index in [-0.39, 0.29) is 50.7 Å². The molecule has 1 aliphatic heterocycles. The molecule has 2 aliphatic rings. The van der Waals surface area contributed by atoms with E-state index in [2.05, 4.69) is 20.6 Å². The Kier molecular flexibility index (Phi) is 7.65. The standard InChI is InChI=1S/C24H31F2N5O3S/c1-4-12(2)28-18-10-14(21(25)26)15(11-27-18)20-19(24(34)31-9-5-6-13(31)3)30-23(35-20)22(33)29-16-7-8-17(16)32/h10-13,16-17,21,32H,4-9H2,1-3H3,(H,27,28)(H,29,33)/t12-,13+,16-,17+/m1/s1. The van der Waals surface area contributed by atoms with Gasteiger partial charge in [0.25, 0.3) is 18.2 Å². The second-order valence-electron chi connectivity index (χ2n) is 9.32. The van der Waals surface area contributed by atoms with Crippen molar-refractivity contribution in [3.63, 3.8) is 0 Å². The summed E-state index contributed by atoms with van der Waals surface area (Å²) >= 11 is 0.897. The Labute approximate surface area is 207 Å². The molecule has 11 heteroatoms. The molecule has 0 aromatic carbocycles. The van der Waals surface area contributed by atoms with E-state index in [1.54, 1.807) is 4.90 Å². The summed E-state index contributed by atoms with van der Waals surface area (Å²) in [5, 5.41) is 15.6. The summed E-state index contributed by atoms with van der Waals surface area (Å²) in [6, 6.07) is 0.961. The van der Waals surface area contributed by atoms with Crippen LogP contribution in [0.25, 0.3) is 10.4 Å². The molecule has 190 valence electrons. The third kappa shape index (κ3) is 5.30. The zero-order valence-corrected chi connectivity index (χ0v) is 20.9. The van der Waals surface area contributed by atoms with Gasteiger partial charge < -0.3 is 20.6 Å². The van der Waals surface area contributed by atoms with Crippen LogP contribution in [0.3, 0.4) is 0 Å². The van der Waals surface area contributed by atoms with E-state index in [0.717, 1.165) is 30.6 Å². The number of nitrogens with one attached hydrogen (secondary N) is 2. The number of halogens is 2. The average Bonchev–Trinajstić information content (AvgIpc) is 3.47. The summed E-state index contributed by atoms with van der Waals surface area (Å²) in [4.78, 5) is 36.8. The minimum Gasteiger partial charge on any atom is -0.391 e. The number of pyridine rings is 1. The van der Waals surface area contributed by atoms with Gasteiger partial charge in [0.15, 0.2) is 5.01 Å². The van der Waals surface area contributed by atoms with Crippen LogP contribution in [-0.2, 0) is 0 Å². The maximum Gasteiger partial charge on any atom is 0.280 e. The van der Waals surface area contributed by atoms with E-state index in [4.69, 9.17) is 0 Å². The van der Waals surface area contributed by atoms with Crippen molar-refractivity contribution in [2.75, 3.05) is 11.9 Å². The molecule has 2 aromatic heterocycles. The highest BCUT2D eigenvalue weighted by molar-refractivity contribution is 7.17. The molecule has 1 saturated heterocycles. The maximum absolute atomic E-state index is 14.2. The van der Waals surface area contributed by atoms with Gasteiger partial charge in [-0.25, -0.2) is 18.7 Å². The quantitative estimate of drug-likeness (QED) is 0.494. The predicted octanol–water partition coefficient (Wildman–Crippen LogP) is 4.23. The molecule has 2 aromatic rings. The number of aliphatic hydroxyl groups is 1. The Morgan fingerprint density at radius 1 is 1.31 bits per heavy atom. The van der Waals surface area contributed by atoms with Gasteiger partial charge in [-0.3, -0.25) is 9.59 Å². The number of amides is 2. The van der Waals surface area contributed by atoms with Crippen molar-refractivity contribution in [1.29, 1.82) is 0 Å². The largest absolute Gasteiger partial charge is 0.391 e. The Bertz CT molecular complexity index is 1100.